The molecule has 0 saturated heterocycles. The Morgan fingerprint density at radius 3 is 2.57 bits per heavy atom. The Morgan fingerprint density at radius 2 is 2.07 bits per heavy atom. The minimum Gasteiger partial charge on any atom is -0.497 e. The molecule has 0 unspecified atom stereocenters. The summed E-state index contributed by atoms with van der Waals surface area (Å²) in [7, 11) is 3.06. The van der Waals surface area contributed by atoms with Gasteiger partial charge in [0.2, 0.25) is 0 Å². The molecule has 3 nitrogen and oxygen atoms in total. The maximum atomic E-state index is 10.4. The van der Waals surface area contributed by atoms with E-state index in [1.807, 2.05) is 0 Å². The third-order valence-corrected chi connectivity index (χ3v) is 2.12. The summed E-state index contributed by atoms with van der Waals surface area (Å²) in [6.07, 6.45) is 1.06. The van der Waals surface area contributed by atoms with Crippen molar-refractivity contribution in [3.63, 3.8) is 0 Å². The second kappa shape index (κ2) is 4.86. The molecule has 0 heterocycles. The standard InChI is InChI=1S/C10H11ClO3/c1-13-8-5-7(3-4-12)10(14-2)9(11)6-8/h4-6H,3H2,1-2H3. The van der Waals surface area contributed by atoms with Gasteiger partial charge in [0.1, 0.15) is 17.8 Å². The number of carbonyl (C=O) groups excluding carboxylic acids is 1. The highest BCUT2D eigenvalue weighted by Crippen LogP contribution is 2.33. The highest BCUT2D eigenvalue weighted by atomic mass is 35.5. The van der Waals surface area contributed by atoms with Crippen molar-refractivity contribution in [3.8, 4) is 11.5 Å². The Bertz CT molecular complexity index is 336. The number of hydrogen-bond donors (Lipinski definition) is 0. The predicted octanol–water partition coefficient (Wildman–Crippen LogP) is 2.10. The molecule has 0 aliphatic rings. The molecule has 0 bridgehead atoms. The lowest BCUT2D eigenvalue weighted by Crippen LogP contribution is -1.95. The number of rotatable bonds is 4. The Balaban J connectivity index is 3.20. The maximum absolute atomic E-state index is 10.4. The molecule has 0 radical (unpaired) electrons. The molecule has 14 heavy (non-hydrogen) atoms. The van der Waals surface area contributed by atoms with Crippen molar-refractivity contribution in [1.29, 1.82) is 0 Å². The highest BCUT2D eigenvalue weighted by Gasteiger charge is 2.09. The second-order valence-electron chi connectivity index (χ2n) is 2.67. The van der Waals surface area contributed by atoms with Crippen LogP contribution in [0.4, 0.5) is 0 Å². The summed E-state index contributed by atoms with van der Waals surface area (Å²) in [5, 5.41) is 0.448. The van der Waals surface area contributed by atoms with Crippen molar-refractivity contribution in [2.75, 3.05) is 14.2 Å². The predicted molar refractivity (Wildman–Crippen MR) is 54.3 cm³/mol. The molecule has 0 saturated carbocycles. The summed E-state index contributed by atoms with van der Waals surface area (Å²) in [5.41, 5.74) is 0.729. The molecule has 1 aromatic rings. The smallest absolute Gasteiger partial charge is 0.141 e. The molecule has 1 rings (SSSR count). The average Bonchev–Trinajstić information content (AvgIpc) is 2.18. The van der Waals surface area contributed by atoms with E-state index in [4.69, 9.17) is 21.1 Å². The van der Waals surface area contributed by atoms with Gasteiger partial charge in [0.15, 0.2) is 0 Å². The lowest BCUT2D eigenvalue weighted by molar-refractivity contribution is -0.107. The van der Waals surface area contributed by atoms with E-state index in [-0.39, 0.29) is 6.42 Å². The second-order valence-corrected chi connectivity index (χ2v) is 3.08. The van der Waals surface area contributed by atoms with E-state index in [9.17, 15) is 4.79 Å². The number of hydrogen-bond acceptors (Lipinski definition) is 3. The summed E-state index contributed by atoms with van der Waals surface area (Å²) in [4.78, 5) is 10.4. The lowest BCUT2D eigenvalue weighted by Gasteiger charge is -2.10. The zero-order valence-corrected chi connectivity index (χ0v) is 8.80. The molecule has 0 atom stereocenters. The normalized spacial score (nSPS) is 9.64. The molecule has 76 valence electrons. The minimum absolute atomic E-state index is 0.264. The van der Waals surface area contributed by atoms with Gasteiger partial charge < -0.3 is 14.3 Å². The minimum atomic E-state index is 0.264. The van der Waals surface area contributed by atoms with Crippen LogP contribution in [0.3, 0.4) is 0 Å². The molecule has 0 amide bonds. The average molecular weight is 215 g/mol. The van der Waals surface area contributed by atoms with Crippen LogP contribution in [0.1, 0.15) is 5.56 Å². The van der Waals surface area contributed by atoms with Crippen LogP contribution in [0.25, 0.3) is 0 Å². The van der Waals surface area contributed by atoms with Crippen LogP contribution >= 0.6 is 11.6 Å². The van der Waals surface area contributed by atoms with Gasteiger partial charge in [-0.25, -0.2) is 0 Å². The van der Waals surface area contributed by atoms with Crippen LogP contribution in [0, 0.1) is 0 Å². The largest absolute Gasteiger partial charge is 0.497 e. The van der Waals surface area contributed by atoms with Gasteiger partial charge in [0, 0.05) is 18.1 Å². The maximum Gasteiger partial charge on any atom is 0.141 e. The van der Waals surface area contributed by atoms with E-state index in [1.165, 1.54) is 7.11 Å². The van der Waals surface area contributed by atoms with E-state index in [2.05, 4.69) is 0 Å². The van der Waals surface area contributed by atoms with Crippen molar-refractivity contribution in [3.05, 3.63) is 22.7 Å². The van der Waals surface area contributed by atoms with Gasteiger partial charge in [-0.2, -0.15) is 0 Å². The van der Waals surface area contributed by atoms with Gasteiger partial charge in [-0.05, 0) is 6.07 Å². The lowest BCUT2D eigenvalue weighted by atomic mass is 10.1. The van der Waals surface area contributed by atoms with Crippen molar-refractivity contribution < 1.29 is 14.3 Å². The zero-order valence-electron chi connectivity index (χ0n) is 8.04. The van der Waals surface area contributed by atoms with Gasteiger partial charge >= 0.3 is 0 Å². The van der Waals surface area contributed by atoms with Crippen LogP contribution in [-0.2, 0) is 11.2 Å². The number of benzene rings is 1. The Labute approximate surface area is 87.6 Å². The first kappa shape index (κ1) is 10.9. The number of aldehydes is 1. The molecule has 0 aliphatic carbocycles. The van der Waals surface area contributed by atoms with Crippen LogP contribution in [-0.4, -0.2) is 20.5 Å². The number of methoxy groups -OCH3 is 2. The van der Waals surface area contributed by atoms with E-state index in [0.29, 0.717) is 16.5 Å². The number of halogens is 1. The molecule has 0 aliphatic heterocycles. The highest BCUT2D eigenvalue weighted by molar-refractivity contribution is 6.32. The first-order chi connectivity index (χ1) is 6.72. The molecule has 0 spiro atoms. The third-order valence-electron chi connectivity index (χ3n) is 1.84. The van der Waals surface area contributed by atoms with Gasteiger partial charge in [-0.1, -0.05) is 11.6 Å². The van der Waals surface area contributed by atoms with E-state index in [0.717, 1.165) is 11.8 Å². The molecule has 0 aromatic heterocycles. The molecular formula is C10H11ClO3. The molecule has 0 N–H and O–H groups in total. The van der Waals surface area contributed by atoms with E-state index >= 15 is 0 Å². The zero-order chi connectivity index (χ0) is 10.6. The molecule has 4 heteroatoms. The topological polar surface area (TPSA) is 35.5 Å². The van der Waals surface area contributed by atoms with Crippen LogP contribution < -0.4 is 9.47 Å². The van der Waals surface area contributed by atoms with Crippen LogP contribution in [0.15, 0.2) is 12.1 Å². The van der Waals surface area contributed by atoms with Gasteiger partial charge in [0.25, 0.3) is 0 Å². The van der Waals surface area contributed by atoms with E-state index in [1.54, 1.807) is 19.2 Å². The van der Waals surface area contributed by atoms with Gasteiger partial charge in [-0.3, -0.25) is 0 Å². The Morgan fingerprint density at radius 1 is 1.36 bits per heavy atom. The first-order valence-corrected chi connectivity index (χ1v) is 4.44. The van der Waals surface area contributed by atoms with Gasteiger partial charge in [0.05, 0.1) is 19.2 Å². The van der Waals surface area contributed by atoms with Crippen molar-refractivity contribution >= 4 is 17.9 Å². The Hall–Kier alpha value is -1.22. The fraction of sp³-hybridized carbons (Fsp3) is 0.300. The van der Waals surface area contributed by atoms with Crippen molar-refractivity contribution in [1.82, 2.24) is 0 Å². The first-order valence-electron chi connectivity index (χ1n) is 4.07. The van der Waals surface area contributed by atoms with Crippen LogP contribution in [0.5, 0.6) is 11.5 Å². The SMILES string of the molecule is COc1cc(Cl)c(OC)c(CC=O)c1. The van der Waals surface area contributed by atoms with E-state index < -0.39 is 0 Å². The number of ether oxygens (including phenoxy) is 2. The molecule has 1 aromatic carbocycles. The van der Waals surface area contributed by atoms with Crippen molar-refractivity contribution in [2.45, 2.75) is 6.42 Å². The molecule has 0 fully saturated rings. The van der Waals surface area contributed by atoms with Gasteiger partial charge in [-0.15, -0.1) is 0 Å². The van der Waals surface area contributed by atoms with Crippen LogP contribution in [0.2, 0.25) is 5.02 Å². The fourth-order valence-electron chi connectivity index (χ4n) is 1.21. The quantitative estimate of drug-likeness (QED) is 0.720. The summed E-state index contributed by atoms with van der Waals surface area (Å²) in [6, 6.07) is 3.38. The summed E-state index contributed by atoms with van der Waals surface area (Å²) >= 11 is 5.93. The summed E-state index contributed by atoms with van der Waals surface area (Å²) in [5.74, 6) is 1.15. The Kier molecular flexibility index (Phi) is 3.77. The summed E-state index contributed by atoms with van der Waals surface area (Å²) in [6.45, 7) is 0. The summed E-state index contributed by atoms with van der Waals surface area (Å²) < 4.78 is 10.1. The molecular weight excluding hydrogens is 204 g/mol. The fourth-order valence-corrected chi connectivity index (χ4v) is 1.52. The number of carbonyl (C=O) groups is 1. The third kappa shape index (κ3) is 2.17. The van der Waals surface area contributed by atoms with Crippen molar-refractivity contribution in [2.24, 2.45) is 0 Å². The monoisotopic (exact) mass is 214 g/mol.